The number of sulfonamides is 1. The molecule has 1 aromatic rings. The first kappa shape index (κ1) is 16.4. The Morgan fingerprint density at radius 2 is 1.95 bits per heavy atom. The molecule has 1 aromatic heterocycles. The molecule has 0 saturated carbocycles. The van der Waals surface area contributed by atoms with Crippen LogP contribution in [0.5, 0.6) is 0 Å². The largest absolute Gasteiger partial charge is 0.415 e. The molecule has 0 saturated heterocycles. The third kappa shape index (κ3) is 3.68. The van der Waals surface area contributed by atoms with E-state index < -0.39 is 28.8 Å². The fourth-order valence-corrected chi connectivity index (χ4v) is 4.17. The lowest BCUT2D eigenvalue weighted by atomic mass is 10.3. The number of hydrogen-bond acceptors (Lipinski definition) is 4. The molecule has 1 rings (SSSR count). The van der Waals surface area contributed by atoms with Gasteiger partial charge in [-0.3, -0.25) is 0 Å². The molecule has 0 spiro atoms. The molecule has 0 radical (unpaired) electrons. The van der Waals surface area contributed by atoms with E-state index in [1.165, 1.54) is 6.07 Å². The Morgan fingerprint density at radius 1 is 1.42 bits per heavy atom. The van der Waals surface area contributed by atoms with Crippen LogP contribution >= 0.6 is 11.3 Å². The summed E-state index contributed by atoms with van der Waals surface area (Å²) in [6.07, 6.45) is -7.54. The number of thiophene rings is 1. The van der Waals surface area contributed by atoms with Crippen LogP contribution in [0.2, 0.25) is 0 Å². The zero-order valence-corrected chi connectivity index (χ0v) is 12.2. The van der Waals surface area contributed by atoms with Crippen LogP contribution in [0.4, 0.5) is 13.2 Å². The molecule has 0 fully saturated rings. The van der Waals surface area contributed by atoms with Gasteiger partial charge in [0.1, 0.15) is 4.21 Å². The van der Waals surface area contributed by atoms with Gasteiger partial charge in [-0.05, 0) is 25.5 Å². The van der Waals surface area contributed by atoms with Crippen molar-refractivity contribution in [1.29, 1.82) is 0 Å². The summed E-state index contributed by atoms with van der Waals surface area (Å²) in [5.74, 6) is 0. The molecule has 0 aliphatic carbocycles. The lowest BCUT2D eigenvalue weighted by Crippen LogP contribution is -2.41. The van der Waals surface area contributed by atoms with Crippen LogP contribution in [0.15, 0.2) is 10.3 Å². The number of aryl methyl sites for hydroxylation is 2. The average molecular weight is 317 g/mol. The molecule has 1 atom stereocenters. The number of aliphatic hydroxyl groups is 1. The van der Waals surface area contributed by atoms with Gasteiger partial charge in [-0.2, -0.15) is 17.5 Å². The summed E-state index contributed by atoms with van der Waals surface area (Å²) in [5, 5.41) is 8.90. The van der Waals surface area contributed by atoms with Crippen molar-refractivity contribution in [3.05, 3.63) is 16.5 Å². The topological polar surface area (TPSA) is 57.6 Å². The number of alkyl halides is 3. The number of hydrogen-bond donors (Lipinski definition) is 1. The number of aliphatic hydroxyl groups excluding tert-OH is 1. The van der Waals surface area contributed by atoms with Crippen molar-refractivity contribution in [2.75, 3.05) is 13.6 Å². The van der Waals surface area contributed by atoms with E-state index in [0.29, 0.717) is 4.31 Å². The smallest absolute Gasteiger partial charge is 0.382 e. The monoisotopic (exact) mass is 317 g/mol. The first-order valence-corrected chi connectivity index (χ1v) is 7.50. The molecule has 110 valence electrons. The van der Waals surface area contributed by atoms with Gasteiger partial charge in [0, 0.05) is 18.5 Å². The highest BCUT2D eigenvalue weighted by molar-refractivity contribution is 7.91. The Hall–Kier alpha value is -0.640. The van der Waals surface area contributed by atoms with E-state index in [2.05, 4.69) is 0 Å². The van der Waals surface area contributed by atoms with Crippen LogP contribution in [0.1, 0.15) is 10.4 Å². The summed E-state index contributed by atoms with van der Waals surface area (Å²) < 4.78 is 61.1. The van der Waals surface area contributed by atoms with Gasteiger partial charge in [-0.1, -0.05) is 0 Å². The Balaban J connectivity index is 2.95. The summed E-state index contributed by atoms with van der Waals surface area (Å²) in [5.41, 5.74) is 0.758. The Bertz CT molecular complexity index is 531. The van der Waals surface area contributed by atoms with Crippen LogP contribution in [0.3, 0.4) is 0 Å². The number of nitrogens with zero attached hydrogens (tertiary/aromatic N) is 1. The van der Waals surface area contributed by atoms with Crippen LogP contribution in [0, 0.1) is 13.8 Å². The molecular formula is C10H14F3NO3S2. The highest BCUT2D eigenvalue weighted by atomic mass is 32.2. The van der Waals surface area contributed by atoms with E-state index in [9.17, 15) is 21.6 Å². The summed E-state index contributed by atoms with van der Waals surface area (Å²) >= 11 is 0.992. The fourth-order valence-electron chi connectivity index (χ4n) is 1.27. The van der Waals surface area contributed by atoms with Crippen LogP contribution in [0.25, 0.3) is 0 Å². The van der Waals surface area contributed by atoms with Crippen molar-refractivity contribution in [3.8, 4) is 0 Å². The number of rotatable bonds is 4. The quantitative estimate of drug-likeness (QED) is 0.923. The molecule has 0 aliphatic heterocycles. The summed E-state index contributed by atoms with van der Waals surface area (Å²) in [6.45, 7) is 2.42. The van der Waals surface area contributed by atoms with E-state index >= 15 is 0 Å². The minimum atomic E-state index is -4.84. The van der Waals surface area contributed by atoms with Crippen LogP contribution < -0.4 is 0 Å². The van der Waals surface area contributed by atoms with E-state index in [0.717, 1.165) is 28.8 Å². The maximum atomic E-state index is 12.2. The zero-order valence-electron chi connectivity index (χ0n) is 10.5. The first-order valence-electron chi connectivity index (χ1n) is 5.24. The van der Waals surface area contributed by atoms with Crippen molar-refractivity contribution >= 4 is 21.4 Å². The summed E-state index contributed by atoms with van der Waals surface area (Å²) in [7, 11) is -3.00. The Kier molecular flexibility index (Phi) is 4.66. The number of halogens is 3. The van der Waals surface area contributed by atoms with Crippen LogP contribution in [-0.2, 0) is 10.0 Å². The van der Waals surface area contributed by atoms with E-state index in [1.807, 2.05) is 0 Å². The van der Waals surface area contributed by atoms with E-state index in [1.54, 1.807) is 13.8 Å². The van der Waals surface area contributed by atoms with Gasteiger partial charge < -0.3 is 5.11 Å². The van der Waals surface area contributed by atoms with Crippen molar-refractivity contribution in [2.24, 2.45) is 0 Å². The van der Waals surface area contributed by atoms with Gasteiger partial charge in [0.15, 0.2) is 6.10 Å². The predicted molar refractivity (Wildman–Crippen MR) is 65.7 cm³/mol. The molecule has 1 heterocycles. The standard InChI is InChI=1S/C10H14F3NO3S2/c1-6-4-9(18-7(6)2)19(16,17)14(3)5-8(15)10(11,12)13/h4,8,15H,5H2,1-3H3. The highest BCUT2D eigenvalue weighted by Crippen LogP contribution is 2.28. The molecule has 19 heavy (non-hydrogen) atoms. The third-order valence-electron chi connectivity index (χ3n) is 2.62. The molecule has 0 amide bonds. The lowest BCUT2D eigenvalue weighted by Gasteiger charge is -2.21. The van der Waals surface area contributed by atoms with Gasteiger partial charge in [0.2, 0.25) is 0 Å². The third-order valence-corrected chi connectivity index (χ3v) is 6.04. The van der Waals surface area contributed by atoms with Crippen molar-refractivity contribution < 1.29 is 26.7 Å². The molecule has 0 aliphatic rings. The maximum Gasteiger partial charge on any atom is 0.415 e. The SMILES string of the molecule is Cc1cc(S(=O)(=O)N(C)CC(O)C(F)(F)F)sc1C. The second-order valence-electron chi connectivity index (χ2n) is 4.15. The lowest BCUT2D eigenvalue weighted by molar-refractivity contribution is -0.204. The van der Waals surface area contributed by atoms with Gasteiger partial charge in [0.05, 0.1) is 0 Å². The molecule has 0 aromatic carbocycles. The molecule has 0 bridgehead atoms. The molecule has 1 N–H and O–H groups in total. The second-order valence-corrected chi connectivity index (χ2v) is 7.68. The predicted octanol–water partition coefficient (Wildman–Crippen LogP) is 1.91. The van der Waals surface area contributed by atoms with E-state index in [4.69, 9.17) is 5.11 Å². The van der Waals surface area contributed by atoms with Gasteiger partial charge in [-0.15, -0.1) is 11.3 Å². The Labute approximate surface area is 113 Å². The second kappa shape index (κ2) is 5.39. The zero-order chi connectivity index (χ0) is 15.0. The van der Waals surface area contributed by atoms with Crippen molar-refractivity contribution in [3.63, 3.8) is 0 Å². The van der Waals surface area contributed by atoms with Crippen molar-refractivity contribution in [2.45, 2.75) is 30.3 Å². The van der Waals surface area contributed by atoms with Crippen molar-refractivity contribution in [1.82, 2.24) is 4.31 Å². The van der Waals surface area contributed by atoms with Crippen LogP contribution in [-0.4, -0.2) is 43.7 Å². The van der Waals surface area contributed by atoms with Gasteiger partial charge >= 0.3 is 6.18 Å². The molecule has 4 nitrogen and oxygen atoms in total. The normalized spacial score (nSPS) is 14.9. The summed E-state index contributed by atoms with van der Waals surface area (Å²) in [6, 6.07) is 1.41. The summed E-state index contributed by atoms with van der Waals surface area (Å²) in [4.78, 5) is 0.781. The minimum absolute atomic E-state index is 0.0284. The highest BCUT2D eigenvalue weighted by Gasteiger charge is 2.40. The van der Waals surface area contributed by atoms with E-state index in [-0.39, 0.29) is 4.21 Å². The fraction of sp³-hybridized carbons (Fsp3) is 0.600. The van der Waals surface area contributed by atoms with Gasteiger partial charge in [0.25, 0.3) is 10.0 Å². The average Bonchev–Trinajstić information content (AvgIpc) is 2.58. The Morgan fingerprint density at radius 3 is 2.32 bits per heavy atom. The molecule has 1 unspecified atom stereocenters. The molecule has 9 heteroatoms. The van der Waals surface area contributed by atoms with Gasteiger partial charge in [-0.25, -0.2) is 8.42 Å². The number of likely N-dealkylation sites (N-methyl/N-ethyl adjacent to an activating group) is 1. The molecular weight excluding hydrogens is 303 g/mol. The maximum absolute atomic E-state index is 12.2. The first-order chi connectivity index (χ1) is 8.46. The minimum Gasteiger partial charge on any atom is -0.382 e.